The molecule has 0 spiro atoms. The molecule has 2 aliphatic rings. The van der Waals surface area contributed by atoms with Crippen LogP contribution in [0.4, 0.5) is 8.78 Å². The molecular weight excluding hydrogens is 506 g/mol. The molecule has 39 heavy (non-hydrogen) atoms. The number of carbonyl (C=O) groups excluding carboxylic acids is 4. The van der Waals surface area contributed by atoms with Gasteiger partial charge in [-0.05, 0) is 83.7 Å². The van der Waals surface area contributed by atoms with Crippen molar-refractivity contribution in [3.05, 3.63) is 70.3 Å². The molecule has 1 saturated carbocycles. The molecule has 3 N–H and O–H groups in total. The van der Waals surface area contributed by atoms with E-state index in [0.717, 1.165) is 25.0 Å². The van der Waals surface area contributed by atoms with E-state index in [1.54, 1.807) is 24.8 Å². The van der Waals surface area contributed by atoms with Gasteiger partial charge < -0.3 is 20.9 Å². The number of halogens is 2. The fourth-order valence-corrected chi connectivity index (χ4v) is 5.11. The Labute approximate surface area is 226 Å². The fraction of sp³-hybridized carbons (Fsp3) is 0.448. The van der Waals surface area contributed by atoms with Crippen molar-refractivity contribution in [3.63, 3.8) is 0 Å². The van der Waals surface area contributed by atoms with Gasteiger partial charge in [-0.3, -0.25) is 19.2 Å². The van der Waals surface area contributed by atoms with Gasteiger partial charge in [0.15, 0.2) is 0 Å². The Morgan fingerprint density at radius 3 is 2.13 bits per heavy atom. The van der Waals surface area contributed by atoms with Gasteiger partial charge in [0.25, 0.3) is 17.7 Å². The van der Waals surface area contributed by atoms with Crippen molar-refractivity contribution in [3.8, 4) is 0 Å². The van der Waals surface area contributed by atoms with Gasteiger partial charge in [0.1, 0.15) is 17.2 Å². The molecule has 0 radical (unpaired) electrons. The van der Waals surface area contributed by atoms with E-state index in [-0.39, 0.29) is 40.2 Å². The molecule has 4 amide bonds. The molecule has 1 aliphatic heterocycles. The van der Waals surface area contributed by atoms with Gasteiger partial charge in [-0.2, -0.15) is 0 Å². The largest absolute Gasteiger partial charge is 0.352 e. The summed E-state index contributed by atoms with van der Waals surface area (Å²) in [5, 5.41) is 7.95. The standard InChI is InChI=1S/C29H34F2N4O4/c1-5-32-25(36)20-12-21(14-22(30)13-20)26(37)34-29(10-11-29)28(39)33-18(4)23-9-8-19(15-24(23)31)27(38)35-16(2)6-7-17(35)3/h8-9,12-18H,5-7,10-11H2,1-4H3,(H,32,36)(H,33,39)(H,34,37)/t16-,17+,18-/m1/s1. The predicted molar refractivity (Wildman–Crippen MR) is 141 cm³/mol. The third kappa shape index (κ3) is 5.94. The molecule has 1 aliphatic carbocycles. The highest BCUT2D eigenvalue weighted by molar-refractivity contribution is 6.03. The molecule has 10 heteroatoms. The topological polar surface area (TPSA) is 108 Å². The number of amides is 4. The Kier molecular flexibility index (Phi) is 8.04. The maximum Gasteiger partial charge on any atom is 0.254 e. The SMILES string of the molecule is CCNC(=O)c1cc(F)cc(C(=O)NC2(C(=O)N[C@H](C)c3ccc(C(=O)N4[C@H](C)CC[C@@H]4C)cc3F)CC2)c1. The monoisotopic (exact) mass is 540 g/mol. The lowest BCUT2D eigenvalue weighted by Gasteiger charge is -2.27. The summed E-state index contributed by atoms with van der Waals surface area (Å²) in [7, 11) is 0. The van der Waals surface area contributed by atoms with Crippen LogP contribution in [0.25, 0.3) is 0 Å². The number of likely N-dealkylation sites (tertiary alicyclic amines) is 1. The zero-order valence-electron chi connectivity index (χ0n) is 22.6. The van der Waals surface area contributed by atoms with Crippen LogP contribution in [0.1, 0.15) is 96.1 Å². The summed E-state index contributed by atoms with van der Waals surface area (Å²) in [4.78, 5) is 52.8. The van der Waals surface area contributed by atoms with Gasteiger partial charge in [0.05, 0.1) is 6.04 Å². The van der Waals surface area contributed by atoms with Crippen LogP contribution >= 0.6 is 0 Å². The summed E-state index contributed by atoms with van der Waals surface area (Å²) < 4.78 is 29.2. The smallest absolute Gasteiger partial charge is 0.254 e. The van der Waals surface area contributed by atoms with Crippen LogP contribution in [-0.2, 0) is 4.79 Å². The molecule has 0 unspecified atom stereocenters. The van der Waals surface area contributed by atoms with E-state index in [0.29, 0.717) is 19.4 Å². The lowest BCUT2D eigenvalue weighted by atomic mass is 10.0. The average molecular weight is 541 g/mol. The number of nitrogens with zero attached hydrogens (tertiary/aromatic N) is 1. The highest BCUT2D eigenvalue weighted by atomic mass is 19.1. The molecule has 4 rings (SSSR count). The summed E-state index contributed by atoms with van der Waals surface area (Å²) >= 11 is 0. The second-order valence-corrected chi connectivity index (χ2v) is 10.5. The molecule has 208 valence electrons. The van der Waals surface area contributed by atoms with Gasteiger partial charge in [0.2, 0.25) is 5.91 Å². The first-order chi connectivity index (χ1) is 18.5. The van der Waals surface area contributed by atoms with Crippen LogP contribution in [0.2, 0.25) is 0 Å². The highest BCUT2D eigenvalue weighted by Crippen LogP contribution is 2.37. The van der Waals surface area contributed by atoms with Crippen molar-refractivity contribution in [1.29, 1.82) is 0 Å². The zero-order chi connectivity index (χ0) is 28.5. The molecular formula is C29H34F2N4O4. The highest BCUT2D eigenvalue weighted by Gasteiger charge is 2.51. The summed E-state index contributed by atoms with van der Waals surface area (Å²) in [6.07, 6.45) is 2.53. The minimum absolute atomic E-state index is 0.00373. The van der Waals surface area contributed by atoms with E-state index in [2.05, 4.69) is 16.0 Å². The quantitative estimate of drug-likeness (QED) is 0.473. The van der Waals surface area contributed by atoms with Crippen LogP contribution in [0.15, 0.2) is 36.4 Å². The van der Waals surface area contributed by atoms with E-state index >= 15 is 4.39 Å². The second-order valence-electron chi connectivity index (χ2n) is 10.5. The Bertz CT molecular complexity index is 1300. The number of hydrogen-bond acceptors (Lipinski definition) is 4. The Morgan fingerprint density at radius 1 is 0.949 bits per heavy atom. The van der Waals surface area contributed by atoms with Crippen LogP contribution in [0, 0.1) is 11.6 Å². The van der Waals surface area contributed by atoms with E-state index in [1.165, 1.54) is 18.2 Å². The molecule has 0 aromatic heterocycles. The first-order valence-corrected chi connectivity index (χ1v) is 13.3. The van der Waals surface area contributed by atoms with E-state index in [1.807, 2.05) is 13.8 Å². The van der Waals surface area contributed by atoms with Crippen molar-refractivity contribution in [2.75, 3.05) is 6.54 Å². The van der Waals surface area contributed by atoms with Crippen LogP contribution < -0.4 is 16.0 Å². The Balaban J connectivity index is 1.42. The summed E-state index contributed by atoms with van der Waals surface area (Å²) in [5.74, 6) is -3.29. The summed E-state index contributed by atoms with van der Waals surface area (Å²) in [5.41, 5.74) is -0.838. The van der Waals surface area contributed by atoms with Crippen LogP contribution in [-0.4, -0.2) is 52.7 Å². The lowest BCUT2D eigenvalue weighted by Crippen LogP contribution is -2.49. The average Bonchev–Trinajstić information content (AvgIpc) is 3.59. The predicted octanol–water partition coefficient (Wildman–Crippen LogP) is 3.87. The number of benzene rings is 2. The number of rotatable bonds is 8. The van der Waals surface area contributed by atoms with Gasteiger partial charge in [0, 0.05) is 40.9 Å². The maximum absolute atomic E-state index is 15.1. The van der Waals surface area contributed by atoms with E-state index in [4.69, 9.17) is 0 Å². The fourth-order valence-electron chi connectivity index (χ4n) is 5.11. The van der Waals surface area contributed by atoms with Gasteiger partial charge in [-0.25, -0.2) is 8.78 Å². The molecule has 2 aromatic carbocycles. The normalized spacial score (nSPS) is 20.2. The first kappa shape index (κ1) is 28.2. The summed E-state index contributed by atoms with van der Waals surface area (Å²) in [6, 6.07) is 6.99. The van der Waals surface area contributed by atoms with E-state index in [9.17, 15) is 23.6 Å². The van der Waals surface area contributed by atoms with Crippen molar-refractivity contribution in [2.24, 2.45) is 0 Å². The van der Waals surface area contributed by atoms with Crippen molar-refractivity contribution < 1.29 is 28.0 Å². The minimum Gasteiger partial charge on any atom is -0.352 e. The molecule has 8 nitrogen and oxygen atoms in total. The van der Waals surface area contributed by atoms with E-state index < -0.39 is 40.9 Å². The second kappa shape index (κ2) is 11.1. The zero-order valence-corrected chi connectivity index (χ0v) is 22.6. The van der Waals surface area contributed by atoms with Crippen LogP contribution in [0.5, 0.6) is 0 Å². The number of carbonyl (C=O) groups is 4. The van der Waals surface area contributed by atoms with Crippen molar-refractivity contribution in [1.82, 2.24) is 20.9 Å². The molecule has 3 atom stereocenters. The number of hydrogen-bond donors (Lipinski definition) is 3. The van der Waals surface area contributed by atoms with Crippen molar-refractivity contribution >= 4 is 23.6 Å². The third-order valence-electron chi connectivity index (χ3n) is 7.54. The van der Waals surface area contributed by atoms with Crippen molar-refractivity contribution in [2.45, 2.75) is 77.0 Å². The molecule has 1 saturated heterocycles. The molecule has 2 fully saturated rings. The first-order valence-electron chi connectivity index (χ1n) is 13.3. The van der Waals surface area contributed by atoms with Gasteiger partial charge in [-0.15, -0.1) is 0 Å². The third-order valence-corrected chi connectivity index (χ3v) is 7.54. The lowest BCUT2D eigenvalue weighted by molar-refractivity contribution is -0.124. The summed E-state index contributed by atoms with van der Waals surface area (Å²) in [6.45, 7) is 7.63. The maximum atomic E-state index is 15.1. The van der Waals surface area contributed by atoms with Gasteiger partial charge in [-0.1, -0.05) is 6.07 Å². The van der Waals surface area contributed by atoms with Crippen LogP contribution in [0.3, 0.4) is 0 Å². The molecule has 0 bridgehead atoms. The minimum atomic E-state index is -1.21. The molecule has 1 heterocycles. The van der Waals surface area contributed by atoms with Gasteiger partial charge >= 0.3 is 0 Å². The number of nitrogens with one attached hydrogen (secondary N) is 3. The molecule has 2 aromatic rings. The Hall–Kier alpha value is -3.82. The Morgan fingerprint density at radius 2 is 1.56 bits per heavy atom.